The van der Waals surface area contributed by atoms with Crippen molar-refractivity contribution in [2.45, 2.75) is 41.5 Å². The van der Waals surface area contributed by atoms with Crippen LogP contribution < -0.4 is 0 Å². The molecule has 216 valence electrons. The molecule has 0 amide bonds. The van der Waals surface area contributed by atoms with E-state index in [0.29, 0.717) is 0 Å². The fourth-order valence-electron chi connectivity index (χ4n) is 3.11. The lowest BCUT2D eigenvalue weighted by Crippen LogP contribution is -1.70. The minimum Gasteiger partial charge on any atom is -0.0623 e. The SMILES string of the molecule is Cc1ccc(C)cc1.Cc1ccc(C)cc1.Cc1ccccc1.Cc1ccccc1.c1ccccc1.c1ccccc1. The van der Waals surface area contributed by atoms with Crippen molar-refractivity contribution in [3.8, 4) is 0 Å². The highest BCUT2D eigenvalue weighted by molar-refractivity contribution is 5.20. The maximum absolute atomic E-state index is 2.12. The van der Waals surface area contributed by atoms with Gasteiger partial charge in [0.25, 0.3) is 0 Å². The van der Waals surface area contributed by atoms with Gasteiger partial charge in [-0.1, -0.05) is 215 Å². The van der Waals surface area contributed by atoms with Crippen molar-refractivity contribution < 1.29 is 0 Å². The van der Waals surface area contributed by atoms with Gasteiger partial charge in [-0.3, -0.25) is 0 Å². The minimum atomic E-state index is 1.32. The van der Waals surface area contributed by atoms with Crippen LogP contribution in [0.3, 0.4) is 0 Å². The van der Waals surface area contributed by atoms with Crippen molar-refractivity contribution in [1.82, 2.24) is 0 Å². The molecule has 0 spiro atoms. The Kier molecular flexibility index (Phi) is 20.3. The van der Waals surface area contributed by atoms with Crippen molar-refractivity contribution >= 4 is 0 Å². The lowest BCUT2D eigenvalue weighted by Gasteiger charge is -1.90. The molecule has 0 aliphatic carbocycles. The molecule has 42 heavy (non-hydrogen) atoms. The van der Waals surface area contributed by atoms with E-state index in [1.54, 1.807) is 0 Å². The van der Waals surface area contributed by atoms with Crippen LogP contribution in [-0.4, -0.2) is 0 Å². The fraction of sp³-hybridized carbons (Fsp3) is 0.143. The molecule has 0 saturated heterocycles. The standard InChI is InChI=1S/2C8H10.2C7H8.2C6H6/c2*1-7-3-5-8(2)6-4-7;2*1-7-5-3-2-4-6-7;2*1-2-4-6-5-3-1/h2*3-6H,1-2H3;2*2-6H,1H3;2*1-6H. The monoisotopic (exact) mass is 552 g/mol. The van der Waals surface area contributed by atoms with Gasteiger partial charge in [-0.2, -0.15) is 0 Å². The summed E-state index contributed by atoms with van der Waals surface area (Å²) in [5.74, 6) is 0. The van der Waals surface area contributed by atoms with Crippen LogP contribution in [0.4, 0.5) is 0 Å². The van der Waals surface area contributed by atoms with Crippen molar-refractivity contribution in [1.29, 1.82) is 0 Å². The molecule has 0 radical (unpaired) electrons. The van der Waals surface area contributed by atoms with Crippen molar-refractivity contribution in [2.24, 2.45) is 0 Å². The quantitative estimate of drug-likeness (QED) is 0.176. The first-order valence-corrected chi connectivity index (χ1v) is 14.5. The number of hydrogen-bond acceptors (Lipinski definition) is 0. The van der Waals surface area contributed by atoms with Crippen molar-refractivity contribution in [3.63, 3.8) is 0 Å². The number of benzene rings is 6. The molecule has 0 nitrogen and oxygen atoms in total. The second-order valence-electron chi connectivity index (χ2n) is 9.93. The van der Waals surface area contributed by atoms with Gasteiger partial charge in [0.1, 0.15) is 0 Å². The Morgan fingerprint density at radius 2 is 0.286 bits per heavy atom. The third-order valence-electron chi connectivity index (χ3n) is 5.65. The Hall–Kier alpha value is -4.68. The van der Waals surface area contributed by atoms with E-state index in [1.807, 2.05) is 109 Å². The predicted octanol–water partition coefficient (Wildman–Crippen LogP) is 12.0. The molecule has 0 saturated carbocycles. The van der Waals surface area contributed by atoms with Gasteiger partial charge in [-0.05, 0) is 41.5 Å². The predicted molar refractivity (Wildman–Crippen MR) is 187 cm³/mol. The first-order valence-electron chi connectivity index (χ1n) is 14.5. The zero-order valence-corrected chi connectivity index (χ0v) is 26.3. The summed E-state index contributed by atoms with van der Waals surface area (Å²) in [5.41, 5.74) is 7.96. The third kappa shape index (κ3) is 22.2. The van der Waals surface area contributed by atoms with E-state index in [9.17, 15) is 0 Å². The summed E-state index contributed by atoms with van der Waals surface area (Å²) in [6, 6.07) is 61.5. The molecule has 0 unspecified atom stereocenters. The van der Waals surface area contributed by atoms with Crippen LogP contribution in [0.1, 0.15) is 33.4 Å². The topological polar surface area (TPSA) is 0 Å². The molecule has 0 aliphatic heterocycles. The summed E-state index contributed by atoms with van der Waals surface area (Å²) in [6.45, 7) is 12.6. The van der Waals surface area contributed by atoms with Crippen LogP contribution in [0.2, 0.25) is 0 Å². The molecule has 0 fully saturated rings. The van der Waals surface area contributed by atoms with Crippen LogP contribution in [0.15, 0.2) is 182 Å². The first kappa shape index (κ1) is 35.3. The molecule has 6 aromatic carbocycles. The molecule has 6 aromatic rings. The summed E-state index contributed by atoms with van der Waals surface area (Å²) in [5, 5.41) is 0. The van der Waals surface area contributed by atoms with Gasteiger partial charge in [0, 0.05) is 0 Å². The normalized spacial score (nSPS) is 8.71. The van der Waals surface area contributed by atoms with Gasteiger partial charge >= 0.3 is 0 Å². The average Bonchev–Trinajstić information content (AvgIpc) is 3.04. The lowest BCUT2D eigenvalue weighted by atomic mass is 10.2. The van der Waals surface area contributed by atoms with Gasteiger partial charge < -0.3 is 0 Å². The van der Waals surface area contributed by atoms with Crippen molar-refractivity contribution in [2.75, 3.05) is 0 Å². The third-order valence-corrected chi connectivity index (χ3v) is 5.65. The van der Waals surface area contributed by atoms with Crippen LogP contribution >= 0.6 is 0 Å². The molecule has 0 heteroatoms. The summed E-state index contributed by atoms with van der Waals surface area (Å²) in [6.07, 6.45) is 0. The summed E-state index contributed by atoms with van der Waals surface area (Å²) < 4.78 is 0. The summed E-state index contributed by atoms with van der Waals surface area (Å²) in [7, 11) is 0. The molecule has 0 aliphatic rings. The second kappa shape index (κ2) is 24.1. The highest BCUT2D eigenvalue weighted by atomic mass is 13.9. The van der Waals surface area contributed by atoms with Gasteiger partial charge in [0.15, 0.2) is 0 Å². The van der Waals surface area contributed by atoms with E-state index in [2.05, 4.69) is 114 Å². The van der Waals surface area contributed by atoms with E-state index in [-0.39, 0.29) is 0 Å². The molecular weight excluding hydrogens is 504 g/mol. The first-order chi connectivity index (χ1) is 20.4. The van der Waals surface area contributed by atoms with E-state index >= 15 is 0 Å². The van der Waals surface area contributed by atoms with Crippen LogP contribution in [0, 0.1) is 41.5 Å². The summed E-state index contributed by atoms with van der Waals surface area (Å²) >= 11 is 0. The van der Waals surface area contributed by atoms with Crippen molar-refractivity contribution in [3.05, 3.63) is 215 Å². The molecule has 0 heterocycles. The van der Waals surface area contributed by atoms with Crippen LogP contribution in [-0.2, 0) is 0 Å². The number of rotatable bonds is 0. The van der Waals surface area contributed by atoms with Gasteiger partial charge in [-0.15, -0.1) is 0 Å². The Morgan fingerprint density at radius 3 is 0.405 bits per heavy atom. The fourth-order valence-corrected chi connectivity index (χ4v) is 3.11. The smallest absolute Gasteiger partial charge is 0.0398 e. The zero-order valence-electron chi connectivity index (χ0n) is 26.3. The number of aryl methyl sites for hydroxylation is 6. The van der Waals surface area contributed by atoms with Gasteiger partial charge in [-0.25, -0.2) is 0 Å². The largest absolute Gasteiger partial charge is 0.0623 e. The Bertz CT molecular complexity index is 1150. The molecule has 0 bridgehead atoms. The lowest BCUT2D eigenvalue weighted by molar-refractivity contribution is 1.40. The van der Waals surface area contributed by atoms with E-state index in [1.165, 1.54) is 33.4 Å². The summed E-state index contributed by atoms with van der Waals surface area (Å²) in [4.78, 5) is 0. The molecule has 0 aromatic heterocycles. The maximum Gasteiger partial charge on any atom is -0.0398 e. The zero-order chi connectivity index (χ0) is 30.7. The van der Waals surface area contributed by atoms with E-state index in [4.69, 9.17) is 0 Å². The Labute approximate surface area is 256 Å². The Balaban J connectivity index is 0.000000253. The van der Waals surface area contributed by atoms with E-state index in [0.717, 1.165) is 0 Å². The number of hydrogen-bond donors (Lipinski definition) is 0. The second-order valence-corrected chi connectivity index (χ2v) is 9.93. The van der Waals surface area contributed by atoms with Gasteiger partial charge in [0.05, 0.1) is 0 Å². The van der Waals surface area contributed by atoms with Gasteiger partial charge in [0.2, 0.25) is 0 Å². The molecule has 0 atom stereocenters. The Morgan fingerprint density at radius 1 is 0.167 bits per heavy atom. The molecular formula is C42H48. The molecule has 0 N–H and O–H groups in total. The maximum atomic E-state index is 2.12. The highest BCUT2D eigenvalue weighted by Crippen LogP contribution is 2.00. The minimum absolute atomic E-state index is 1.32. The van der Waals surface area contributed by atoms with Crippen LogP contribution in [0.25, 0.3) is 0 Å². The average molecular weight is 553 g/mol. The van der Waals surface area contributed by atoms with E-state index < -0.39 is 0 Å². The molecule has 6 rings (SSSR count). The highest BCUT2D eigenvalue weighted by Gasteiger charge is 1.80. The van der Waals surface area contributed by atoms with Crippen LogP contribution in [0.5, 0.6) is 0 Å².